The Hall–Kier alpha value is -0.443. The number of carbonyl (C=O) groups excluding carboxylic acids is 2. The summed E-state index contributed by atoms with van der Waals surface area (Å²) in [4.78, 5) is 24.3. The van der Waals surface area contributed by atoms with Crippen LogP contribution in [0.4, 0.5) is 0 Å². The molecular formula is C18H34O2Si. The third-order valence-electron chi connectivity index (χ3n) is 5.18. The first-order valence-corrected chi connectivity index (χ1v) is 12.5. The van der Waals surface area contributed by atoms with Gasteiger partial charge in [-0.2, -0.15) is 0 Å². The van der Waals surface area contributed by atoms with Gasteiger partial charge < -0.3 is 4.79 Å². The fraction of sp³-hybridized carbons (Fsp3) is 0.889. The van der Waals surface area contributed by atoms with Gasteiger partial charge in [0, 0.05) is 5.54 Å². The van der Waals surface area contributed by atoms with Crippen molar-refractivity contribution in [2.24, 2.45) is 5.41 Å². The SMILES string of the molecule is CCCCCCCCC[C@@]1(C=O)CC[C@H]([Si](C)(C)C)C1=O. The van der Waals surface area contributed by atoms with Gasteiger partial charge in [-0.1, -0.05) is 71.5 Å². The molecule has 0 spiro atoms. The second kappa shape index (κ2) is 8.26. The van der Waals surface area contributed by atoms with Crippen LogP contribution in [-0.2, 0) is 9.59 Å². The lowest BCUT2D eigenvalue weighted by Gasteiger charge is -2.26. The van der Waals surface area contributed by atoms with E-state index >= 15 is 0 Å². The normalized spacial score (nSPS) is 26.3. The van der Waals surface area contributed by atoms with E-state index in [2.05, 4.69) is 26.6 Å². The van der Waals surface area contributed by atoms with E-state index in [9.17, 15) is 9.59 Å². The Labute approximate surface area is 132 Å². The standard InChI is InChI=1S/C18H34O2Si/c1-5-6-7-8-9-10-11-13-18(15-19)14-12-16(17(18)20)21(2,3)4/h15-16H,5-14H2,1-4H3/t16-,18-/m0/s1. The van der Waals surface area contributed by atoms with Crippen LogP contribution in [0.3, 0.4) is 0 Å². The van der Waals surface area contributed by atoms with Gasteiger partial charge >= 0.3 is 0 Å². The largest absolute Gasteiger partial charge is 0.302 e. The summed E-state index contributed by atoms with van der Waals surface area (Å²) in [6.07, 6.45) is 12.2. The molecule has 2 atom stereocenters. The second-order valence-electron chi connectivity index (χ2n) is 7.97. The van der Waals surface area contributed by atoms with Gasteiger partial charge in [0.15, 0.2) is 0 Å². The summed E-state index contributed by atoms with van der Waals surface area (Å²) in [6, 6.07) is 0. The van der Waals surface area contributed by atoms with Gasteiger partial charge in [0.05, 0.1) is 13.5 Å². The number of unbranched alkanes of at least 4 members (excludes halogenated alkanes) is 6. The molecule has 0 heterocycles. The van der Waals surface area contributed by atoms with Crippen LogP contribution in [0.15, 0.2) is 0 Å². The molecule has 0 aromatic carbocycles. The van der Waals surface area contributed by atoms with E-state index in [-0.39, 0.29) is 11.3 Å². The highest BCUT2D eigenvalue weighted by Gasteiger charge is 2.51. The van der Waals surface area contributed by atoms with Crippen molar-refractivity contribution in [2.75, 3.05) is 0 Å². The molecule has 0 bridgehead atoms. The molecule has 3 heteroatoms. The Morgan fingerprint density at radius 2 is 1.67 bits per heavy atom. The number of aldehydes is 1. The monoisotopic (exact) mass is 310 g/mol. The molecule has 2 nitrogen and oxygen atoms in total. The maximum Gasteiger partial charge on any atom is 0.146 e. The summed E-state index contributed by atoms with van der Waals surface area (Å²) in [5, 5.41) is 0. The van der Waals surface area contributed by atoms with E-state index in [0.717, 1.165) is 32.0 Å². The smallest absolute Gasteiger partial charge is 0.146 e. The molecule has 1 fully saturated rings. The number of ketones is 1. The van der Waals surface area contributed by atoms with E-state index in [1.807, 2.05) is 0 Å². The lowest BCUT2D eigenvalue weighted by atomic mass is 9.81. The fourth-order valence-corrected chi connectivity index (χ4v) is 5.74. The predicted octanol–water partition coefficient (Wildman–Crippen LogP) is 5.38. The van der Waals surface area contributed by atoms with Crippen molar-refractivity contribution in [3.05, 3.63) is 0 Å². The maximum atomic E-state index is 12.7. The molecule has 1 aliphatic carbocycles. The third-order valence-corrected chi connectivity index (χ3v) is 7.83. The predicted molar refractivity (Wildman–Crippen MR) is 92.4 cm³/mol. The second-order valence-corrected chi connectivity index (χ2v) is 13.4. The molecular weight excluding hydrogens is 276 g/mol. The fourth-order valence-electron chi connectivity index (χ4n) is 3.65. The Morgan fingerprint density at radius 1 is 1.10 bits per heavy atom. The Morgan fingerprint density at radius 3 is 2.14 bits per heavy atom. The lowest BCUT2D eigenvalue weighted by molar-refractivity contribution is -0.132. The van der Waals surface area contributed by atoms with Crippen LogP contribution in [0.5, 0.6) is 0 Å². The van der Waals surface area contributed by atoms with Gasteiger partial charge in [-0.15, -0.1) is 0 Å². The zero-order valence-electron chi connectivity index (χ0n) is 14.5. The zero-order chi connectivity index (χ0) is 15.9. The van der Waals surface area contributed by atoms with Crippen LogP contribution in [0.1, 0.15) is 71.1 Å². The Kier molecular flexibility index (Phi) is 7.32. The highest BCUT2D eigenvalue weighted by Crippen LogP contribution is 2.47. The number of rotatable bonds is 10. The van der Waals surface area contributed by atoms with Crippen molar-refractivity contribution < 1.29 is 9.59 Å². The third kappa shape index (κ3) is 5.05. The van der Waals surface area contributed by atoms with Gasteiger partial charge in [0.1, 0.15) is 12.1 Å². The lowest BCUT2D eigenvalue weighted by Crippen LogP contribution is -2.37. The summed E-state index contributed by atoms with van der Waals surface area (Å²) in [5.41, 5.74) is -0.416. The summed E-state index contributed by atoms with van der Waals surface area (Å²) in [6.45, 7) is 8.99. The molecule has 1 rings (SSSR count). The van der Waals surface area contributed by atoms with E-state index < -0.39 is 13.5 Å². The van der Waals surface area contributed by atoms with E-state index in [4.69, 9.17) is 0 Å². The molecule has 0 aliphatic heterocycles. The van der Waals surface area contributed by atoms with Crippen molar-refractivity contribution >= 4 is 20.1 Å². The topological polar surface area (TPSA) is 34.1 Å². The van der Waals surface area contributed by atoms with Crippen molar-refractivity contribution in [3.63, 3.8) is 0 Å². The summed E-state index contributed by atoms with van der Waals surface area (Å²) in [5.74, 6) is 0.280. The van der Waals surface area contributed by atoms with Crippen LogP contribution in [0, 0.1) is 5.41 Å². The average Bonchev–Trinajstić information content (AvgIpc) is 2.75. The van der Waals surface area contributed by atoms with Crippen molar-refractivity contribution in [1.82, 2.24) is 0 Å². The highest BCUT2D eigenvalue weighted by atomic mass is 28.3. The molecule has 1 aliphatic rings. The first-order valence-electron chi connectivity index (χ1n) is 8.88. The molecule has 0 aromatic rings. The van der Waals surface area contributed by atoms with E-state index in [1.54, 1.807) is 0 Å². The van der Waals surface area contributed by atoms with Crippen LogP contribution >= 0.6 is 0 Å². The maximum absolute atomic E-state index is 12.7. The number of hydrogen-bond acceptors (Lipinski definition) is 2. The highest BCUT2D eigenvalue weighted by molar-refractivity contribution is 6.81. The first-order chi connectivity index (χ1) is 9.87. The minimum atomic E-state index is -1.47. The van der Waals surface area contributed by atoms with Crippen molar-refractivity contribution in [2.45, 2.75) is 96.3 Å². The molecule has 122 valence electrons. The molecule has 0 N–H and O–H groups in total. The average molecular weight is 311 g/mol. The van der Waals surface area contributed by atoms with E-state index in [0.29, 0.717) is 0 Å². The minimum absolute atomic E-state index is 0.201. The summed E-state index contributed by atoms with van der Waals surface area (Å²) >= 11 is 0. The van der Waals surface area contributed by atoms with Gasteiger partial charge in [0.25, 0.3) is 0 Å². The van der Waals surface area contributed by atoms with Gasteiger partial charge in [0.2, 0.25) is 0 Å². The molecule has 0 amide bonds. The van der Waals surface area contributed by atoms with Crippen LogP contribution in [-0.4, -0.2) is 20.1 Å². The van der Waals surface area contributed by atoms with Crippen LogP contribution in [0.2, 0.25) is 25.2 Å². The summed E-state index contributed by atoms with van der Waals surface area (Å²) in [7, 11) is -1.47. The molecule has 0 saturated heterocycles. The molecule has 21 heavy (non-hydrogen) atoms. The van der Waals surface area contributed by atoms with Crippen LogP contribution in [0.25, 0.3) is 0 Å². The van der Waals surface area contributed by atoms with Crippen LogP contribution < -0.4 is 0 Å². The van der Waals surface area contributed by atoms with Gasteiger partial charge in [-0.3, -0.25) is 4.79 Å². The molecule has 0 unspecified atom stereocenters. The Balaban J connectivity index is 2.41. The molecule has 0 radical (unpaired) electrons. The Bertz CT molecular complexity index is 346. The number of Topliss-reactive ketones (excluding diaryl/α,β-unsaturated/α-hetero) is 1. The van der Waals surface area contributed by atoms with E-state index in [1.165, 1.54) is 38.5 Å². The minimum Gasteiger partial charge on any atom is -0.302 e. The zero-order valence-corrected chi connectivity index (χ0v) is 15.5. The first kappa shape index (κ1) is 18.6. The molecule has 0 aromatic heterocycles. The molecule has 1 saturated carbocycles. The van der Waals surface area contributed by atoms with Crippen molar-refractivity contribution in [3.8, 4) is 0 Å². The quantitative estimate of drug-likeness (QED) is 0.235. The van der Waals surface area contributed by atoms with Crippen molar-refractivity contribution in [1.29, 1.82) is 0 Å². The number of carbonyl (C=O) groups is 2. The summed E-state index contributed by atoms with van der Waals surface area (Å²) < 4.78 is 0. The van der Waals surface area contributed by atoms with Gasteiger partial charge in [-0.05, 0) is 19.3 Å². The van der Waals surface area contributed by atoms with Gasteiger partial charge in [-0.25, -0.2) is 0 Å². The number of hydrogen-bond donors (Lipinski definition) is 0.